The molecule has 0 unspecified atom stereocenters. The lowest BCUT2D eigenvalue weighted by Crippen LogP contribution is -2.15. The molecule has 4 aromatic carbocycles. The molecule has 4 aromatic rings. The Kier molecular flexibility index (Phi) is 5.33. The van der Waals surface area contributed by atoms with Crippen LogP contribution in [0.2, 0.25) is 0 Å². The molecule has 0 aromatic heterocycles. The van der Waals surface area contributed by atoms with E-state index in [-0.39, 0.29) is 5.41 Å². The second-order valence-electron chi connectivity index (χ2n) is 8.96. The van der Waals surface area contributed by atoms with Crippen molar-refractivity contribution < 1.29 is 9.47 Å². The zero-order valence-electron chi connectivity index (χ0n) is 19.6. The molecule has 33 heavy (non-hydrogen) atoms. The second-order valence-corrected chi connectivity index (χ2v) is 8.96. The van der Waals surface area contributed by atoms with E-state index >= 15 is 0 Å². The molecule has 0 fully saturated rings. The van der Waals surface area contributed by atoms with Crippen LogP contribution in [0.3, 0.4) is 0 Å². The molecule has 1 N–H and O–H groups in total. The molecule has 3 nitrogen and oxygen atoms in total. The van der Waals surface area contributed by atoms with E-state index in [1.807, 2.05) is 25.1 Å². The van der Waals surface area contributed by atoms with E-state index in [4.69, 9.17) is 9.47 Å². The first-order valence-electron chi connectivity index (χ1n) is 11.4. The monoisotopic (exact) mass is 435 g/mol. The summed E-state index contributed by atoms with van der Waals surface area (Å²) in [6, 6.07) is 29.9. The van der Waals surface area contributed by atoms with E-state index in [0.717, 1.165) is 22.9 Å². The van der Waals surface area contributed by atoms with E-state index in [1.54, 1.807) is 7.11 Å². The molecule has 0 amide bonds. The highest BCUT2D eigenvalue weighted by Gasteiger charge is 2.35. The molecule has 166 valence electrons. The smallest absolute Gasteiger partial charge is 0.119 e. The zero-order valence-corrected chi connectivity index (χ0v) is 19.6. The van der Waals surface area contributed by atoms with Gasteiger partial charge in [0.25, 0.3) is 0 Å². The molecule has 0 radical (unpaired) electrons. The standard InChI is InChI=1S/C30H29NO2/c1-5-33-24-13-8-21(9-14-24)20-6-10-22(11-7-20)31-23-12-16-26-27-17-15-25(32-4)19-29(27)30(2,3)28(26)18-23/h6-19,31H,5H2,1-4H3. The molecule has 0 spiro atoms. The predicted octanol–water partition coefficient (Wildman–Crippen LogP) is 7.81. The maximum absolute atomic E-state index is 5.54. The summed E-state index contributed by atoms with van der Waals surface area (Å²) in [6.07, 6.45) is 0. The van der Waals surface area contributed by atoms with Crippen molar-refractivity contribution in [3.05, 3.63) is 96.1 Å². The van der Waals surface area contributed by atoms with Gasteiger partial charge in [-0.05, 0) is 88.8 Å². The minimum absolute atomic E-state index is 0.0750. The van der Waals surface area contributed by atoms with Gasteiger partial charge >= 0.3 is 0 Å². The van der Waals surface area contributed by atoms with Crippen molar-refractivity contribution >= 4 is 11.4 Å². The maximum Gasteiger partial charge on any atom is 0.119 e. The normalized spacial score (nSPS) is 13.2. The van der Waals surface area contributed by atoms with Crippen LogP contribution < -0.4 is 14.8 Å². The summed E-state index contributed by atoms with van der Waals surface area (Å²) in [6.45, 7) is 7.25. The molecular weight excluding hydrogens is 406 g/mol. The van der Waals surface area contributed by atoms with Gasteiger partial charge in [-0.2, -0.15) is 0 Å². The van der Waals surface area contributed by atoms with Crippen LogP contribution in [0.15, 0.2) is 84.9 Å². The van der Waals surface area contributed by atoms with Crippen LogP contribution in [0.5, 0.6) is 11.5 Å². The molecule has 1 aliphatic carbocycles. The minimum atomic E-state index is -0.0750. The largest absolute Gasteiger partial charge is 0.497 e. The summed E-state index contributed by atoms with van der Waals surface area (Å²) >= 11 is 0. The molecule has 0 saturated carbocycles. The van der Waals surface area contributed by atoms with Gasteiger partial charge in [-0.25, -0.2) is 0 Å². The van der Waals surface area contributed by atoms with Crippen molar-refractivity contribution in [2.24, 2.45) is 0 Å². The summed E-state index contributed by atoms with van der Waals surface area (Å²) < 4.78 is 11.0. The van der Waals surface area contributed by atoms with Crippen LogP contribution in [0.25, 0.3) is 22.3 Å². The minimum Gasteiger partial charge on any atom is -0.497 e. The lowest BCUT2D eigenvalue weighted by Gasteiger charge is -2.22. The maximum atomic E-state index is 5.54. The Morgan fingerprint density at radius 3 is 1.85 bits per heavy atom. The first kappa shape index (κ1) is 21.1. The van der Waals surface area contributed by atoms with Crippen molar-refractivity contribution in [1.82, 2.24) is 0 Å². The molecule has 5 rings (SSSR count). The Hall–Kier alpha value is -3.72. The summed E-state index contributed by atoms with van der Waals surface area (Å²) in [5, 5.41) is 3.58. The number of benzene rings is 4. The molecule has 0 bridgehead atoms. The number of hydrogen-bond donors (Lipinski definition) is 1. The summed E-state index contributed by atoms with van der Waals surface area (Å²) in [5.74, 6) is 1.81. The van der Waals surface area contributed by atoms with Gasteiger partial charge < -0.3 is 14.8 Å². The third kappa shape index (κ3) is 3.84. The van der Waals surface area contributed by atoms with Gasteiger partial charge in [-0.3, -0.25) is 0 Å². The number of ether oxygens (including phenoxy) is 2. The quantitative estimate of drug-likeness (QED) is 0.335. The van der Waals surface area contributed by atoms with Gasteiger partial charge in [0.1, 0.15) is 11.5 Å². The number of rotatable bonds is 6. The van der Waals surface area contributed by atoms with Gasteiger partial charge in [0.2, 0.25) is 0 Å². The van der Waals surface area contributed by atoms with Crippen LogP contribution >= 0.6 is 0 Å². The van der Waals surface area contributed by atoms with E-state index in [1.165, 1.54) is 33.4 Å². The van der Waals surface area contributed by atoms with Crippen LogP contribution in [0.4, 0.5) is 11.4 Å². The van der Waals surface area contributed by atoms with Crippen LogP contribution in [0.1, 0.15) is 31.9 Å². The summed E-state index contributed by atoms with van der Waals surface area (Å²) in [7, 11) is 1.72. The topological polar surface area (TPSA) is 30.5 Å². The van der Waals surface area contributed by atoms with Gasteiger partial charge in [0.05, 0.1) is 13.7 Å². The van der Waals surface area contributed by atoms with Gasteiger partial charge in [0.15, 0.2) is 0 Å². The van der Waals surface area contributed by atoms with Crippen LogP contribution in [0, 0.1) is 0 Å². The van der Waals surface area contributed by atoms with Gasteiger partial charge in [-0.1, -0.05) is 50.2 Å². The lowest BCUT2D eigenvalue weighted by atomic mass is 9.82. The highest BCUT2D eigenvalue weighted by Crippen LogP contribution is 2.50. The molecule has 1 aliphatic rings. The number of nitrogens with one attached hydrogen (secondary N) is 1. The number of anilines is 2. The van der Waals surface area contributed by atoms with Crippen molar-refractivity contribution in [1.29, 1.82) is 0 Å². The Morgan fingerprint density at radius 2 is 1.21 bits per heavy atom. The Balaban J connectivity index is 1.37. The highest BCUT2D eigenvalue weighted by atomic mass is 16.5. The first-order chi connectivity index (χ1) is 16.0. The Bertz CT molecular complexity index is 1290. The van der Waals surface area contributed by atoms with Crippen LogP contribution in [-0.2, 0) is 5.41 Å². The first-order valence-corrected chi connectivity index (χ1v) is 11.4. The summed E-state index contributed by atoms with van der Waals surface area (Å²) in [4.78, 5) is 0. The number of fused-ring (bicyclic) bond motifs is 3. The SMILES string of the molecule is CCOc1ccc(-c2ccc(Nc3ccc4c(c3)C(C)(C)c3cc(OC)ccc3-4)cc2)cc1. The average molecular weight is 436 g/mol. The molecule has 0 saturated heterocycles. The van der Waals surface area contributed by atoms with Crippen molar-refractivity contribution in [3.8, 4) is 33.8 Å². The van der Waals surface area contributed by atoms with Gasteiger partial charge in [-0.15, -0.1) is 0 Å². The fraction of sp³-hybridized carbons (Fsp3) is 0.200. The van der Waals surface area contributed by atoms with E-state index in [0.29, 0.717) is 6.61 Å². The Labute approximate surface area is 196 Å². The summed E-state index contributed by atoms with van der Waals surface area (Å²) in [5.41, 5.74) is 9.69. The third-order valence-corrected chi connectivity index (χ3v) is 6.56. The molecule has 0 atom stereocenters. The highest BCUT2D eigenvalue weighted by molar-refractivity contribution is 5.83. The average Bonchev–Trinajstić information content (AvgIpc) is 3.06. The van der Waals surface area contributed by atoms with Crippen molar-refractivity contribution in [3.63, 3.8) is 0 Å². The third-order valence-electron chi connectivity index (χ3n) is 6.56. The second kappa shape index (κ2) is 8.32. The molecule has 0 aliphatic heterocycles. The number of methoxy groups -OCH3 is 1. The fourth-order valence-corrected chi connectivity index (χ4v) is 4.74. The molecule has 3 heteroatoms. The van der Waals surface area contributed by atoms with E-state index in [9.17, 15) is 0 Å². The lowest BCUT2D eigenvalue weighted by molar-refractivity contribution is 0.340. The van der Waals surface area contributed by atoms with Crippen molar-refractivity contribution in [2.75, 3.05) is 19.0 Å². The Morgan fingerprint density at radius 1 is 0.667 bits per heavy atom. The van der Waals surface area contributed by atoms with Gasteiger partial charge in [0, 0.05) is 16.8 Å². The predicted molar refractivity (Wildman–Crippen MR) is 137 cm³/mol. The number of hydrogen-bond acceptors (Lipinski definition) is 3. The van der Waals surface area contributed by atoms with E-state index < -0.39 is 0 Å². The van der Waals surface area contributed by atoms with E-state index in [2.05, 4.69) is 85.9 Å². The molecular formula is C30H29NO2. The van der Waals surface area contributed by atoms with Crippen molar-refractivity contribution in [2.45, 2.75) is 26.2 Å². The van der Waals surface area contributed by atoms with Crippen LogP contribution in [-0.4, -0.2) is 13.7 Å². The zero-order chi connectivity index (χ0) is 23.0. The molecule has 0 heterocycles. The fourth-order valence-electron chi connectivity index (χ4n) is 4.74.